The van der Waals surface area contributed by atoms with Crippen molar-refractivity contribution >= 4 is 11.8 Å². The molecule has 2 N–H and O–H groups in total. The Hall–Kier alpha value is -4.18. The zero-order chi connectivity index (χ0) is 32.2. The summed E-state index contributed by atoms with van der Waals surface area (Å²) in [6.07, 6.45) is 3.78. The average Bonchev–Trinajstić information content (AvgIpc) is 3.54. The first-order chi connectivity index (χ1) is 21.8. The standard InChI is InChI=1S/C35H43F2N3O5/c1-43-31-20-27(21-32(44-2)34(31)45-3)35(42)39-18-17-38-22-24-16-19-40(23-24)33(41)7-5-4-6-30(25-8-12-28(36)13-9-25)26-10-14-29(37)15-11-26/h8-15,20-21,24,30,38H,4-7,16-19,22-23H2,1-3H3,(H,39,42). The number of methoxy groups -OCH3 is 3. The molecule has 1 atom stereocenters. The Bertz CT molecular complexity index is 1330. The lowest BCUT2D eigenvalue weighted by Crippen LogP contribution is -2.35. The first-order valence-electron chi connectivity index (χ1n) is 15.4. The van der Waals surface area contributed by atoms with Gasteiger partial charge in [-0.1, -0.05) is 30.7 Å². The van der Waals surface area contributed by atoms with Crippen molar-refractivity contribution in [2.75, 3.05) is 54.1 Å². The molecule has 4 rings (SSSR count). The molecule has 0 saturated carbocycles. The number of carbonyl (C=O) groups is 2. The minimum absolute atomic E-state index is 0.00944. The van der Waals surface area contributed by atoms with E-state index in [0.717, 1.165) is 56.4 Å². The summed E-state index contributed by atoms with van der Waals surface area (Å²) in [7, 11) is 4.52. The largest absolute Gasteiger partial charge is 0.493 e. The number of rotatable bonds is 16. The molecular weight excluding hydrogens is 580 g/mol. The topological polar surface area (TPSA) is 89.1 Å². The Morgan fingerprint density at radius 2 is 1.47 bits per heavy atom. The summed E-state index contributed by atoms with van der Waals surface area (Å²) in [6.45, 7) is 3.28. The van der Waals surface area contributed by atoms with E-state index < -0.39 is 0 Å². The number of carbonyl (C=O) groups excluding carboxylic acids is 2. The molecule has 0 spiro atoms. The van der Waals surface area contributed by atoms with Crippen molar-refractivity contribution in [3.63, 3.8) is 0 Å². The number of nitrogens with zero attached hydrogens (tertiary/aromatic N) is 1. The van der Waals surface area contributed by atoms with Gasteiger partial charge in [-0.3, -0.25) is 9.59 Å². The van der Waals surface area contributed by atoms with Gasteiger partial charge in [-0.25, -0.2) is 8.78 Å². The molecule has 2 amide bonds. The van der Waals surface area contributed by atoms with Crippen LogP contribution in [0.5, 0.6) is 17.2 Å². The van der Waals surface area contributed by atoms with Crippen LogP contribution in [0.4, 0.5) is 8.78 Å². The number of nitrogens with one attached hydrogen (secondary N) is 2. The second kappa shape index (κ2) is 16.8. The van der Waals surface area contributed by atoms with E-state index in [1.807, 2.05) is 4.90 Å². The third-order valence-electron chi connectivity index (χ3n) is 8.26. The predicted octanol–water partition coefficient (Wildman–Crippen LogP) is 5.55. The van der Waals surface area contributed by atoms with Gasteiger partial charge in [0.2, 0.25) is 11.7 Å². The van der Waals surface area contributed by atoms with Crippen molar-refractivity contribution in [1.29, 1.82) is 0 Å². The summed E-state index contributed by atoms with van der Waals surface area (Å²) < 4.78 is 43.0. The lowest BCUT2D eigenvalue weighted by molar-refractivity contribution is -0.130. The molecule has 1 unspecified atom stereocenters. The van der Waals surface area contributed by atoms with Gasteiger partial charge in [0.05, 0.1) is 21.3 Å². The zero-order valence-corrected chi connectivity index (χ0v) is 26.2. The Morgan fingerprint density at radius 1 is 0.867 bits per heavy atom. The van der Waals surface area contributed by atoms with Gasteiger partial charge < -0.3 is 29.7 Å². The van der Waals surface area contributed by atoms with Gasteiger partial charge in [0.25, 0.3) is 5.91 Å². The molecule has 242 valence electrons. The summed E-state index contributed by atoms with van der Waals surface area (Å²) in [5, 5.41) is 6.29. The maximum absolute atomic E-state index is 13.5. The third kappa shape index (κ3) is 9.41. The SMILES string of the molecule is COc1cc(C(=O)NCCNCC2CCN(C(=O)CCCCC(c3ccc(F)cc3)c3ccc(F)cc3)C2)cc(OC)c1OC. The molecule has 45 heavy (non-hydrogen) atoms. The van der Waals surface area contributed by atoms with Gasteiger partial charge in [0, 0.05) is 44.1 Å². The lowest BCUT2D eigenvalue weighted by atomic mass is 9.87. The van der Waals surface area contributed by atoms with E-state index in [-0.39, 0.29) is 29.4 Å². The molecule has 3 aromatic carbocycles. The van der Waals surface area contributed by atoms with Crippen molar-refractivity contribution < 1.29 is 32.6 Å². The Balaban J connectivity index is 1.15. The van der Waals surface area contributed by atoms with Gasteiger partial charge in [0.1, 0.15) is 11.6 Å². The van der Waals surface area contributed by atoms with E-state index in [4.69, 9.17) is 14.2 Å². The molecule has 8 nitrogen and oxygen atoms in total. The Morgan fingerprint density at radius 3 is 2.02 bits per heavy atom. The summed E-state index contributed by atoms with van der Waals surface area (Å²) in [5.74, 6) is 0.974. The zero-order valence-electron chi connectivity index (χ0n) is 26.2. The van der Waals surface area contributed by atoms with E-state index in [0.29, 0.717) is 48.2 Å². The van der Waals surface area contributed by atoms with Crippen molar-refractivity contribution in [3.8, 4) is 17.2 Å². The highest BCUT2D eigenvalue weighted by molar-refractivity contribution is 5.95. The molecule has 0 bridgehead atoms. The second-order valence-electron chi connectivity index (χ2n) is 11.3. The van der Waals surface area contributed by atoms with Gasteiger partial charge in [-0.15, -0.1) is 0 Å². The van der Waals surface area contributed by atoms with Crippen LogP contribution in [0.2, 0.25) is 0 Å². The molecule has 1 saturated heterocycles. The monoisotopic (exact) mass is 623 g/mol. The summed E-state index contributed by atoms with van der Waals surface area (Å²) in [4.78, 5) is 27.5. The van der Waals surface area contributed by atoms with Crippen molar-refractivity contribution in [2.45, 2.75) is 38.0 Å². The van der Waals surface area contributed by atoms with Crippen LogP contribution in [0, 0.1) is 17.6 Å². The van der Waals surface area contributed by atoms with Gasteiger partial charge in [0.15, 0.2) is 11.5 Å². The molecule has 3 aromatic rings. The fourth-order valence-electron chi connectivity index (χ4n) is 5.81. The smallest absolute Gasteiger partial charge is 0.251 e. The number of amides is 2. The molecule has 0 radical (unpaired) electrons. The van der Waals surface area contributed by atoms with Crippen molar-refractivity contribution in [2.24, 2.45) is 5.92 Å². The average molecular weight is 624 g/mol. The molecule has 1 aliphatic heterocycles. The van der Waals surface area contributed by atoms with Crippen molar-refractivity contribution in [3.05, 3.63) is 89.0 Å². The van der Waals surface area contributed by atoms with E-state index >= 15 is 0 Å². The van der Waals surface area contributed by atoms with Crippen LogP contribution in [0.3, 0.4) is 0 Å². The molecule has 1 heterocycles. The molecule has 1 aliphatic rings. The first-order valence-corrected chi connectivity index (χ1v) is 15.4. The maximum Gasteiger partial charge on any atom is 0.251 e. The predicted molar refractivity (Wildman–Crippen MR) is 169 cm³/mol. The van der Waals surface area contributed by atoms with Crippen LogP contribution in [0.1, 0.15) is 59.5 Å². The highest BCUT2D eigenvalue weighted by Crippen LogP contribution is 2.38. The van der Waals surface area contributed by atoms with Crippen molar-refractivity contribution in [1.82, 2.24) is 15.5 Å². The summed E-state index contributed by atoms with van der Waals surface area (Å²) in [5.41, 5.74) is 2.37. The van der Waals surface area contributed by atoms with E-state index in [2.05, 4.69) is 10.6 Å². The molecular formula is C35H43F2N3O5. The van der Waals surface area contributed by atoms with Gasteiger partial charge >= 0.3 is 0 Å². The van der Waals surface area contributed by atoms with Crippen LogP contribution in [0.15, 0.2) is 60.7 Å². The van der Waals surface area contributed by atoms with E-state index in [1.165, 1.54) is 45.6 Å². The fraction of sp³-hybridized carbons (Fsp3) is 0.429. The fourth-order valence-corrected chi connectivity index (χ4v) is 5.81. The second-order valence-corrected chi connectivity index (χ2v) is 11.3. The van der Waals surface area contributed by atoms with Gasteiger partial charge in [-0.2, -0.15) is 0 Å². The highest BCUT2D eigenvalue weighted by Gasteiger charge is 2.26. The molecule has 1 fully saturated rings. The Kier molecular flexibility index (Phi) is 12.6. The van der Waals surface area contributed by atoms with Crippen LogP contribution >= 0.6 is 0 Å². The van der Waals surface area contributed by atoms with E-state index in [9.17, 15) is 18.4 Å². The summed E-state index contributed by atoms with van der Waals surface area (Å²) in [6, 6.07) is 16.1. The Labute approximate surface area is 264 Å². The third-order valence-corrected chi connectivity index (χ3v) is 8.26. The number of unbranched alkanes of at least 4 members (excludes halogenated alkanes) is 1. The first kappa shape index (κ1) is 33.7. The van der Waals surface area contributed by atoms with Crippen LogP contribution in [-0.4, -0.2) is 70.8 Å². The van der Waals surface area contributed by atoms with Crippen LogP contribution < -0.4 is 24.8 Å². The highest BCUT2D eigenvalue weighted by atomic mass is 19.1. The minimum Gasteiger partial charge on any atom is -0.493 e. The van der Waals surface area contributed by atoms with Crippen LogP contribution in [-0.2, 0) is 4.79 Å². The molecule has 0 aliphatic carbocycles. The quantitative estimate of drug-likeness (QED) is 0.204. The lowest BCUT2D eigenvalue weighted by Gasteiger charge is -2.19. The van der Waals surface area contributed by atoms with Crippen LogP contribution in [0.25, 0.3) is 0 Å². The number of ether oxygens (including phenoxy) is 3. The minimum atomic E-state index is -0.291. The van der Waals surface area contributed by atoms with E-state index in [1.54, 1.807) is 36.4 Å². The summed E-state index contributed by atoms with van der Waals surface area (Å²) >= 11 is 0. The molecule has 10 heteroatoms. The number of benzene rings is 3. The molecule has 0 aromatic heterocycles. The number of likely N-dealkylation sites (tertiary alicyclic amines) is 1. The maximum atomic E-state index is 13.5. The normalized spacial score (nSPS) is 14.4. The number of hydrogen-bond acceptors (Lipinski definition) is 6. The number of hydrogen-bond donors (Lipinski definition) is 2. The van der Waals surface area contributed by atoms with Gasteiger partial charge in [-0.05, 0) is 79.3 Å². The number of halogens is 2.